The maximum atomic E-state index is 8.75. The highest BCUT2D eigenvalue weighted by Gasteiger charge is 2.30. The molecular formula is C11H26N2O2. The fraction of sp³-hybridized carbons (Fsp3) is 1.00. The molecule has 92 valence electrons. The van der Waals surface area contributed by atoms with E-state index in [1.807, 2.05) is 6.92 Å². The SMILES string of the molecule is COC(C)C(C)(CN)NC(C)CCCO. The molecule has 0 saturated carbocycles. The summed E-state index contributed by atoms with van der Waals surface area (Å²) in [4.78, 5) is 0. The lowest BCUT2D eigenvalue weighted by molar-refractivity contribution is 0.0361. The Morgan fingerprint density at radius 2 is 2.07 bits per heavy atom. The Kier molecular flexibility index (Phi) is 7.09. The lowest BCUT2D eigenvalue weighted by Crippen LogP contribution is -2.59. The van der Waals surface area contributed by atoms with Crippen molar-refractivity contribution in [1.82, 2.24) is 5.32 Å². The van der Waals surface area contributed by atoms with Gasteiger partial charge in [-0.2, -0.15) is 0 Å². The van der Waals surface area contributed by atoms with Gasteiger partial charge in [0.25, 0.3) is 0 Å². The second kappa shape index (κ2) is 7.17. The van der Waals surface area contributed by atoms with Crippen LogP contribution in [0.3, 0.4) is 0 Å². The van der Waals surface area contributed by atoms with E-state index in [1.165, 1.54) is 0 Å². The van der Waals surface area contributed by atoms with Crippen molar-refractivity contribution in [2.24, 2.45) is 5.73 Å². The number of aliphatic hydroxyl groups is 1. The Balaban J connectivity index is 4.17. The number of aliphatic hydroxyl groups excluding tert-OH is 1. The number of nitrogens with two attached hydrogens (primary N) is 1. The summed E-state index contributed by atoms with van der Waals surface area (Å²) in [6.07, 6.45) is 1.83. The largest absolute Gasteiger partial charge is 0.396 e. The molecule has 0 aromatic rings. The molecule has 4 nitrogen and oxygen atoms in total. The highest BCUT2D eigenvalue weighted by molar-refractivity contribution is 4.92. The Morgan fingerprint density at radius 1 is 1.47 bits per heavy atom. The lowest BCUT2D eigenvalue weighted by atomic mass is 9.94. The van der Waals surface area contributed by atoms with Crippen molar-refractivity contribution in [2.45, 2.75) is 51.3 Å². The van der Waals surface area contributed by atoms with Crippen LogP contribution in [-0.2, 0) is 4.74 Å². The number of hydrogen-bond acceptors (Lipinski definition) is 4. The number of hydrogen-bond donors (Lipinski definition) is 3. The Hall–Kier alpha value is -0.160. The quantitative estimate of drug-likeness (QED) is 0.554. The van der Waals surface area contributed by atoms with Crippen molar-refractivity contribution < 1.29 is 9.84 Å². The molecule has 0 aliphatic heterocycles. The van der Waals surface area contributed by atoms with E-state index in [-0.39, 0.29) is 18.2 Å². The van der Waals surface area contributed by atoms with Crippen molar-refractivity contribution in [3.05, 3.63) is 0 Å². The van der Waals surface area contributed by atoms with Crippen LogP contribution in [0.25, 0.3) is 0 Å². The summed E-state index contributed by atoms with van der Waals surface area (Å²) < 4.78 is 5.32. The van der Waals surface area contributed by atoms with Crippen molar-refractivity contribution >= 4 is 0 Å². The van der Waals surface area contributed by atoms with Crippen LogP contribution in [0.1, 0.15) is 33.6 Å². The van der Waals surface area contributed by atoms with E-state index in [2.05, 4.69) is 19.2 Å². The second-order valence-electron chi connectivity index (χ2n) is 4.41. The fourth-order valence-corrected chi connectivity index (χ4v) is 1.63. The first kappa shape index (κ1) is 14.8. The van der Waals surface area contributed by atoms with Crippen LogP contribution in [0.2, 0.25) is 0 Å². The summed E-state index contributed by atoms with van der Waals surface area (Å²) in [6.45, 7) is 6.96. The maximum Gasteiger partial charge on any atom is 0.0734 e. The van der Waals surface area contributed by atoms with Crippen LogP contribution in [0.5, 0.6) is 0 Å². The van der Waals surface area contributed by atoms with Crippen LogP contribution >= 0.6 is 0 Å². The molecule has 0 aliphatic rings. The third-order valence-electron chi connectivity index (χ3n) is 3.05. The molecule has 3 unspecified atom stereocenters. The number of nitrogens with one attached hydrogen (secondary N) is 1. The minimum atomic E-state index is -0.205. The third-order valence-corrected chi connectivity index (χ3v) is 3.05. The Labute approximate surface area is 93.2 Å². The van der Waals surface area contributed by atoms with Crippen LogP contribution in [0.4, 0.5) is 0 Å². The molecule has 4 N–H and O–H groups in total. The van der Waals surface area contributed by atoms with Gasteiger partial charge in [-0.1, -0.05) is 0 Å². The first-order chi connectivity index (χ1) is 7.00. The fourth-order valence-electron chi connectivity index (χ4n) is 1.63. The van der Waals surface area contributed by atoms with Crippen molar-refractivity contribution in [1.29, 1.82) is 0 Å². The first-order valence-electron chi connectivity index (χ1n) is 5.61. The van der Waals surface area contributed by atoms with E-state index in [1.54, 1.807) is 7.11 Å². The van der Waals surface area contributed by atoms with Crippen molar-refractivity contribution in [2.75, 3.05) is 20.3 Å². The predicted molar refractivity (Wildman–Crippen MR) is 62.8 cm³/mol. The summed E-state index contributed by atoms with van der Waals surface area (Å²) in [6, 6.07) is 0.336. The molecule has 0 amide bonds. The highest BCUT2D eigenvalue weighted by Crippen LogP contribution is 2.13. The van der Waals surface area contributed by atoms with Gasteiger partial charge in [0.15, 0.2) is 0 Å². The average Bonchev–Trinajstić information content (AvgIpc) is 2.24. The Bertz CT molecular complexity index is 167. The molecule has 0 aromatic heterocycles. The smallest absolute Gasteiger partial charge is 0.0734 e. The van der Waals surface area contributed by atoms with Crippen molar-refractivity contribution in [3.63, 3.8) is 0 Å². The molecule has 15 heavy (non-hydrogen) atoms. The van der Waals surface area contributed by atoms with E-state index < -0.39 is 0 Å². The van der Waals surface area contributed by atoms with Gasteiger partial charge in [-0.3, -0.25) is 0 Å². The molecule has 0 radical (unpaired) electrons. The predicted octanol–water partition coefficient (Wildman–Crippen LogP) is 0.489. The zero-order valence-corrected chi connectivity index (χ0v) is 10.4. The summed E-state index contributed by atoms with van der Waals surface area (Å²) >= 11 is 0. The molecule has 0 saturated heterocycles. The molecule has 0 rings (SSSR count). The van der Waals surface area contributed by atoms with Gasteiger partial charge in [0.2, 0.25) is 0 Å². The summed E-state index contributed by atoms with van der Waals surface area (Å²) in [5.74, 6) is 0. The first-order valence-corrected chi connectivity index (χ1v) is 5.61. The monoisotopic (exact) mass is 218 g/mol. The van der Waals surface area contributed by atoms with Crippen LogP contribution < -0.4 is 11.1 Å². The Morgan fingerprint density at radius 3 is 2.47 bits per heavy atom. The van der Waals surface area contributed by atoms with Gasteiger partial charge in [0, 0.05) is 26.3 Å². The summed E-state index contributed by atoms with van der Waals surface area (Å²) in [7, 11) is 1.69. The van der Waals surface area contributed by atoms with Crippen LogP contribution in [0, 0.1) is 0 Å². The molecule has 4 heteroatoms. The number of methoxy groups -OCH3 is 1. The van der Waals surface area contributed by atoms with E-state index in [9.17, 15) is 0 Å². The van der Waals surface area contributed by atoms with Gasteiger partial charge in [-0.15, -0.1) is 0 Å². The van der Waals surface area contributed by atoms with Gasteiger partial charge in [0.05, 0.1) is 11.6 Å². The van der Waals surface area contributed by atoms with Gasteiger partial charge in [0.1, 0.15) is 0 Å². The minimum absolute atomic E-state index is 0.0686. The van der Waals surface area contributed by atoms with E-state index in [0.717, 1.165) is 12.8 Å². The molecule has 0 fully saturated rings. The molecule has 3 atom stereocenters. The standard InChI is InChI=1S/C11H26N2O2/c1-9(6-5-7-14)13-11(3,8-12)10(2)15-4/h9-10,13-14H,5-8,12H2,1-4H3. The van der Waals surface area contributed by atoms with Crippen LogP contribution in [0.15, 0.2) is 0 Å². The van der Waals surface area contributed by atoms with Gasteiger partial charge >= 0.3 is 0 Å². The van der Waals surface area contributed by atoms with Gasteiger partial charge < -0.3 is 20.9 Å². The van der Waals surface area contributed by atoms with Gasteiger partial charge in [-0.05, 0) is 33.6 Å². The van der Waals surface area contributed by atoms with Crippen molar-refractivity contribution in [3.8, 4) is 0 Å². The van der Waals surface area contributed by atoms with E-state index >= 15 is 0 Å². The topological polar surface area (TPSA) is 67.5 Å². The number of rotatable bonds is 8. The lowest BCUT2D eigenvalue weighted by Gasteiger charge is -2.37. The minimum Gasteiger partial charge on any atom is -0.396 e. The normalized spacial score (nSPS) is 19.6. The molecule has 0 spiro atoms. The molecular weight excluding hydrogens is 192 g/mol. The third kappa shape index (κ3) is 4.93. The zero-order valence-electron chi connectivity index (χ0n) is 10.4. The molecule has 0 bridgehead atoms. The van der Waals surface area contributed by atoms with E-state index in [4.69, 9.17) is 15.6 Å². The summed E-state index contributed by atoms with van der Waals surface area (Å²) in [5.41, 5.74) is 5.56. The summed E-state index contributed by atoms with van der Waals surface area (Å²) in [5, 5.41) is 12.2. The average molecular weight is 218 g/mol. The van der Waals surface area contributed by atoms with E-state index in [0.29, 0.717) is 12.6 Å². The highest BCUT2D eigenvalue weighted by atomic mass is 16.5. The van der Waals surface area contributed by atoms with Gasteiger partial charge in [-0.25, -0.2) is 0 Å². The molecule has 0 heterocycles. The zero-order chi connectivity index (χ0) is 11.9. The number of ether oxygens (including phenoxy) is 1. The second-order valence-corrected chi connectivity index (χ2v) is 4.41. The maximum absolute atomic E-state index is 8.75. The van der Waals surface area contributed by atoms with Crippen LogP contribution in [-0.4, -0.2) is 43.1 Å². The molecule has 0 aliphatic carbocycles. The molecule has 0 aromatic carbocycles.